The molecule has 1 N–H and O–H groups in total. The van der Waals surface area contributed by atoms with Crippen molar-refractivity contribution in [3.05, 3.63) is 52.4 Å². The van der Waals surface area contributed by atoms with Crippen molar-refractivity contribution < 1.29 is 14.3 Å². The third-order valence-corrected chi connectivity index (χ3v) is 5.23. The molecule has 0 aliphatic heterocycles. The summed E-state index contributed by atoms with van der Waals surface area (Å²) in [5.41, 5.74) is 0.493. The molecule has 2 atom stereocenters. The molecule has 0 saturated heterocycles. The largest absolute Gasteiger partial charge is 0.506 e. The van der Waals surface area contributed by atoms with E-state index in [9.17, 15) is 9.90 Å². The Bertz CT molecular complexity index is 781. The first-order valence-electron chi connectivity index (χ1n) is 8.41. The second-order valence-corrected chi connectivity index (χ2v) is 7.36. The second kappa shape index (κ2) is 5.85. The van der Waals surface area contributed by atoms with E-state index in [1.165, 1.54) is 18.6 Å². The molecule has 1 aromatic heterocycles. The van der Waals surface area contributed by atoms with Crippen LogP contribution in [0.3, 0.4) is 0 Å². The van der Waals surface area contributed by atoms with Crippen molar-refractivity contribution in [2.75, 3.05) is 0 Å². The van der Waals surface area contributed by atoms with Crippen molar-refractivity contribution in [3.63, 3.8) is 0 Å². The maximum Gasteiger partial charge on any atom is 0.254 e. The molecule has 2 saturated carbocycles. The van der Waals surface area contributed by atoms with Crippen LogP contribution in [-0.2, 0) is 6.54 Å². The van der Waals surface area contributed by atoms with Crippen LogP contribution in [0.1, 0.15) is 54.0 Å². The number of phenols is 1. The highest BCUT2D eigenvalue weighted by Gasteiger charge is 2.37. The normalized spacial score (nSPS) is 22.4. The van der Waals surface area contributed by atoms with Gasteiger partial charge in [0.2, 0.25) is 0 Å². The summed E-state index contributed by atoms with van der Waals surface area (Å²) in [5.74, 6) is 3.02. The monoisotopic (exact) mass is 345 g/mol. The van der Waals surface area contributed by atoms with Gasteiger partial charge in [-0.3, -0.25) is 4.79 Å². The number of halogens is 1. The minimum Gasteiger partial charge on any atom is -0.506 e. The zero-order chi connectivity index (χ0) is 16.8. The Hall–Kier alpha value is -1.94. The lowest BCUT2D eigenvalue weighted by atomic mass is 10.2. The van der Waals surface area contributed by atoms with Crippen molar-refractivity contribution in [1.29, 1.82) is 0 Å². The Morgan fingerprint density at radius 1 is 1.33 bits per heavy atom. The van der Waals surface area contributed by atoms with Gasteiger partial charge in [-0.25, -0.2) is 0 Å². The summed E-state index contributed by atoms with van der Waals surface area (Å²) >= 11 is 5.94. The van der Waals surface area contributed by atoms with E-state index in [0.29, 0.717) is 23.9 Å². The maximum absolute atomic E-state index is 12.8. The van der Waals surface area contributed by atoms with Crippen LogP contribution in [-0.4, -0.2) is 22.0 Å². The van der Waals surface area contributed by atoms with E-state index in [0.717, 1.165) is 24.4 Å². The van der Waals surface area contributed by atoms with Crippen LogP contribution in [0.15, 0.2) is 34.7 Å². The van der Waals surface area contributed by atoms with Gasteiger partial charge >= 0.3 is 0 Å². The standard InChI is InChI=1S/C19H20ClNO3/c1-11-8-15(11)18-7-5-14(24-18)10-21(13-3-4-13)19(23)12-2-6-17(22)16(20)9-12/h2,5-7,9,11,13,15,22H,3-4,8,10H2,1H3/t11-,15-/m0/s1. The van der Waals surface area contributed by atoms with Crippen LogP contribution < -0.4 is 0 Å². The van der Waals surface area contributed by atoms with Gasteiger partial charge in [-0.1, -0.05) is 18.5 Å². The fourth-order valence-corrected chi connectivity index (χ4v) is 3.30. The number of hydrogen-bond donors (Lipinski definition) is 1. The van der Waals surface area contributed by atoms with Crippen LogP contribution in [0.2, 0.25) is 5.02 Å². The minimum atomic E-state index is -0.0721. The van der Waals surface area contributed by atoms with Gasteiger partial charge in [-0.15, -0.1) is 0 Å². The van der Waals surface area contributed by atoms with E-state index < -0.39 is 0 Å². The van der Waals surface area contributed by atoms with Crippen molar-refractivity contribution in [3.8, 4) is 5.75 Å². The number of benzene rings is 1. The van der Waals surface area contributed by atoms with Crippen molar-refractivity contribution >= 4 is 17.5 Å². The number of furan rings is 1. The molecule has 126 valence electrons. The van der Waals surface area contributed by atoms with E-state index in [1.807, 2.05) is 17.0 Å². The predicted molar refractivity (Wildman–Crippen MR) is 91.2 cm³/mol. The van der Waals surface area contributed by atoms with Crippen LogP contribution in [0.5, 0.6) is 5.75 Å². The fourth-order valence-electron chi connectivity index (χ4n) is 3.12. The Labute approximate surface area is 146 Å². The molecule has 2 aliphatic rings. The number of carbonyl (C=O) groups is 1. The van der Waals surface area contributed by atoms with Crippen LogP contribution in [0.4, 0.5) is 0 Å². The summed E-state index contributed by atoms with van der Waals surface area (Å²) in [6.07, 6.45) is 3.22. The van der Waals surface area contributed by atoms with Crippen LogP contribution >= 0.6 is 11.6 Å². The van der Waals surface area contributed by atoms with E-state index in [2.05, 4.69) is 6.92 Å². The molecule has 0 radical (unpaired) electrons. The van der Waals surface area contributed by atoms with Crippen molar-refractivity contribution in [1.82, 2.24) is 4.90 Å². The number of hydrogen-bond acceptors (Lipinski definition) is 3. The number of rotatable bonds is 5. The molecular weight excluding hydrogens is 326 g/mol. The number of aromatic hydroxyl groups is 1. The molecule has 5 heteroatoms. The zero-order valence-corrected chi connectivity index (χ0v) is 14.3. The Morgan fingerprint density at radius 2 is 2.08 bits per heavy atom. The molecule has 4 nitrogen and oxygen atoms in total. The number of amides is 1. The highest BCUT2D eigenvalue weighted by molar-refractivity contribution is 6.32. The highest BCUT2D eigenvalue weighted by atomic mass is 35.5. The summed E-state index contributed by atoms with van der Waals surface area (Å²) < 4.78 is 5.96. The zero-order valence-electron chi connectivity index (χ0n) is 13.5. The smallest absolute Gasteiger partial charge is 0.254 e. The van der Waals surface area contributed by atoms with Crippen molar-refractivity contribution in [2.24, 2.45) is 5.92 Å². The second-order valence-electron chi connectivity index (χ2n) is 6.95. The molecule has 24 heavy (non-hydrogen) atoms. The summed E-state index contributed by atoms with van der Waals surface area (Å²) in [4.78, 5) is 14.7. The predicted octanol–water partition coefficient (Wildman–Crippen LogP) is 4.57. The van der Waals surface area contributed by atoms with Crippen LogP contribution in [0, 0.1) is 5.92 Å². The molecule has 0 spiro atoms. The molecular formula is C19H20ClNO3. The first kappa shape index (κ1) is 15.6. The number of phenolic OH excluding ortho intramolecular Hbond substituents is 1. The first-order valence-corrected chi connectivity index (χ1v) is 8.79. The molecule has 2 aromatic rings. The van der Waals surface area contributed by atoms with Gasteiger partial charge in [0.25, 0.3) is 5.91 Å². The molecule has 2 fully saturated rings. The summed E-state index contributed by atoms with van der Waals surface area (Å²) in [7, 11) is 0. The molecule has 2 aliphatic carbocycles. The lowest BCUT2D eigenvalue weighted by Crippen LogP contribution is -2.32. The SMILES string of the molecule is C[C@H]1C[C@@H]1c1ccc(CN(C(=O)c2ccc(O)c(Cl)c2)C2CC2)o1. The fraction of sp³-hybridized carbons (Fsp3) is 0.421. The third-order valence-electron chi connectivity index (χ3n) is 4.93. The van der Waals surface area contributed by atoms with E-state index >= 15 is 0 Å². The van der Waals surface area contributed by atoms with E-state index in [-0.39, 0.29) is 22.7 Å². The molecule has 1 aromatic carbocycles. The lowest BCUT2D eigenvalue weighted by molar-refractivity contribution is 0.0716. The molecule has 1 amide bonds. The Morgan fingerprint density at radius 3 is 2.71 bits per heavy atom. The van der Waals surface area contributed by atoms with Gasteiger partial charge in [-0.05, 0) is 55.5 Å². The maximum atomic E-state index is 12.8. The summed E-state index contributed by atoms with van der Waals surface area (Å²) in [6.45, 7) is 2.70. The third kappa shape index (κ3) is 3.03. The van der Waals surface area contributed by atoms with Crippen LogP contribution in [0.25, 0.3) is 0 Å². The minimum absolute atomic E-state index is 0.0135. The van der Waals surface area contributed by atoms with Gasteiger partial charge in [0.15, 0.2) is 0 Å². The molecule has 0 unspecified atom stereocenters. The van der Waals surface area contributed by atoms with Gasteiger partial charge in [-0.2, -0.15) is 0 Å². The Kier molecular flexibility index (Phi) is 3.80. The van der Waals surface area contributed by atoms with Gasteiger partial charge in [0.1, 0.15) is 17.3 Å². The lowest BCUT2D eigenvalue weighted by Gasteiger charge is -2.21. The molecule has 0 bridgehead atoms. The quantitative estimate of drug-likeness (QED) is 0.863. The van der Waals surface area contributed by atoms with E-state index in [4.69, 9.17) is 16.0 Å². The summed E-state index contributed by atoms with van der Waals surface area (Å²) in [5, 5.41) is 9.73. The number of carbonyl (C=O) groups excluding carboxylic acids is 1. The first-order chi connectivity index (χ1) is 11.5. The Balaban J connectivity index is 1.52. The average Bonchev–Trinajstić information content (AvgIpc) is 3.48. The highest BCUT2D eigenvalue weighted by Crippen LogP contribution is 2.47. The average molecular weight is 346 g/mol. The topological polar surface area (TPSA) is 53.7 Å². The summed E-state index contributed by atoms with van der Waals surface area (Å²) in [6, 6.07) is 8.87. The molecule has 1 heterocycles. The number of nitrogens with zero attached hydrogens (tertiary/aromatic N) is 1. The molecule has 4 rings (SSSR count). The van der Waals surface area contributed by atoms with Gasteiger partial charge < -0.3 is 14.4 Å². The van der Waals surface area contributed by atoms with Gasteiger partial charge in [0.05, 0.1) is 11.6 Å². The van der Waals surface area contributed by atoms with E-state index in [1.54, 1.807) is 6.07 Å². The van der Waals surface area contributed by atoms with Crippen molar-refractivity contribution in [2.45, 2.75) is 44.7 Å². The van der Waals surface area contributed by atoms with Gasteiger partial charge in [0, 0.05) is 17.5 Å².